The smallest absolute Gasteiger partial charge is 0.123 e. The average molecular weight is 331 g/mol. The van der Waals surface area contributed by atoms with Crippen LogP contribution in [0.1, 0.15) is 16.7 Å². The molecule has 0 saturated carbocycles. The number of aromatic nitrogens is 2. The molecule has 25 heavy (non-hydrogen) atoms. The van der Waals surface area contributed by atoms with Gasteiger partial charge in [0.1, 0.15) is 5.82 Å². The molecule has 4 rings (SSSR count). The fourth-order valence-electron chi connectivity index (χ4n) is 3.24. The lowest BCUT2D eigenvalue weighted by atomic mass is 9.92. The third-order valence-electron chi connectivity index (χ3n) is 4.45. The summed E-state index contributed by atoms with van der Waals surface area (Å²) in [7, 11) is 2.09. The van der Waals surface area contributed by atoms with E-state index in [1.165, 1.54) is 11.6 Å². The Morgan fingerprint density at radius 1 is 1.00 bits per heavy atom. The Kier molecular flexibility index (Phi) is 4.12. The number of hydrogen-bond acceptors (Lipinski definition) is 3. The molecule has 0 atom stereocenters. The highest BCUT2D eigenvalue weighted by Crippen LogP contribution is 2.32. The molecule has 0 N–H and O–H groups in total. The second-order valence-electron chi connectivity index (χ2n) is 6.31. The van der Waals surface area contributed by atoms with Crippen molar-refractivity contribution in [2.24, 2.45) is 0 Å². The van der Waals surface area contributed by atoms with Gasteiger partial charge < -0.3 is 0 Å². The second kappa shape index (κ2) is 6.57. The summed E-state index contributed by atoms with van der Waals surface area (Å²) in [5.41, 5.74) is 6.23. The highest BCUT2D eigenvalue weighted by Gasteiger charge is 2.17. The van der Waals surface area contributed by atoms with Gasteiger partial charge in [0, 0.05) is 24.8 Å². The van der Waals surface area contributed by atoms with Gasteiger partial charge in [0.25, 0.3) is 0 Å². The van der Waals surface area contributed by atoms with E-state index in [9.17, 15) is 4.39 Å². The van der Waals surface area contributed by atoms with Gasteiger partial charge in [-0.25, -0.2) is 4.39 Å². The lowest BCUT2D eigenvalue weighted by Gasteiger charge is -2.15. The minimum atomic E-state index is -0.214. The van der Waals surface area contributed by atoms with E-state index in [-0.39, 0.29) is 5.82 Å². The van der Waals surface area contributed by atoms with Gasteiger partial charge in [-0.15, -0.1) is 0 Å². The molecule has 0 amide bonds. The first-order valence-electron chi connectivity index (χ1n) is 8.27. The van der Waals surface area contributed by atoms with Gasteiger partial charge in [0.2, 0.25) is 0 Å². The van der Waals surface area contributed by atoms with Gasteiger partial charge in [0.15, 0.2) is 0 Å². The van der Waals surface area contributed by atoms with Crippen molar-refractivity contribution in [1.29, 1.82) is 0 Å². The highest BCUT2D eigenvalue weighted by atomic mass is 19.1. The summed E-state index contributed by atoms with van der Waals surface area (Å²) < 4.78 is 13.7. The van der Waals surface area contributed by atoms with E-state index < -0.39 is 0 Å². The lowest BCUT2D eigenvalue weighted by Crippen LogP contribution is -2.16. The van der Waals surface area contributed by atoms with Gasteiger partial charge in [0.05, 0.1) is 5.69 Å². The first-order valence-corrected chi connectivity index (χ1v) is 8.27. The lowest BCUT2D eigenvalue weighted by molar-refractivity contribution is 0.366. The number of benzene rings is 2. The maximum atomic E-state index is 13.7. The van der Waals surface area contributed by atoms with E-state index in [4.69, 9.17) is 0 Å². The van der Waals surface area contributed by atoms with E-state index in [0.717, 1.165) is 41.0 Å². The van der Waals surface area contributed by atoms with Crippen LogP contribution in [-0.4, -0.2) is 28.7 Å². The molecule has 0 aliphatic carbocycles. The van der Waals surface area contributed by atoms with Crippen molar-refractivity contribution in [2.75, 3.05) is 13.6 Å². The molecule has 1 aliphatic rings. The van der Waals surface area contributed by atoms with Crippen LogP contribution in [0.2, 0.25) is 0 Å². The molecule has 0 unspecified atom stereocenters. The van der Waals surface area contributed by atoms with Crippen LogP contribution in [0.15, 0.2) is 66.9 Å². The zero-order valence-corrected chi connectivity index (χ0v) is 14.0. The Labute approximate surface area is 146 Å². The topological polar surface area (TPSA) is 29.0 Å². The largest absolute Gasteiger partial charge is 0.298 e. The van der Waals surface area contributed by atoms with Crippen molar-refractivity contribution in [1.82, 2.24) is 15.1 Å². The Hall–Kier alpha value is -2.85. The summed E-state index contributed by atoms with van der Waals surface area (Å²) in [5.74, 6) is -0.214. The summed E-state index contributed by atoms with van der Waals surface area (Å²) >= 11 is 0. The maximum absolute atomic E-state index is 13.7. The molecule has 2 heterocycles. The van der Waals surface area contributed by atoms with E-state index in [0.29, 0.717) is 0 Å². The Balaban J connectivity index is 1.83. The molecule has 0 saturated heterocycles. The SMILES string of the molecule is CN1CC=C(c2cccc(F)c2)c2ccc(-c3cccnn3)cc2C1. The Morgan fingerprint density at radius 2 is 1.92 bits per heavy atom. The van der Waals surface area contributed by atoms with Crippen molar-refractivity contribution >= 4 is 5.57 Å². The van der Waals surface area contributed by atoms with E-state index in [2.05, 4.69) is 46.4 Å². The first-order chi connectivity index (χ1) is 12.2. The van der Waals surface area contributed by atoms with Crippen LogP contribution in [0.5, 0.6) is 0 Å². The fourth-order valence-corrected chi connectivity index (χ4v) is 3.24. The van der Waals surface area contributed by atoms with E-state index in [1.807, 2.05) is 18.2 Å². The summed E-state index contributed by atoms with van der Waals surface area (Å²) in [6, 6.07) is 17.0. The van der Waals surface area contributed by atoms with Crippen molar-refractivity contribution in [2.45, 2.75) is 6.54 Å². The van der Waals surface area contributed by atoms with Gasteiger partial charge in [-0.05, 0) is 59.6 Å². The summed E-state index contributed by atoms with van der Waals surface area (Å²) in [4.78, 5) is 2.24. The second-order valence-corrected chi connectivity index (χ2v) is 6.31. The van der Waals surface area contributed by atoms with Crippen LogP contribution in [0.25, 0.3) is 16.8 Å². The maximum Gasteiger partial charge on any atom is 0.123 e. The number of likely N-dealkylation sites (N-methyl/N-ethyl adjacent to an activating group) is 1. The molecule has 0 radical (unpaired) electrons. The molecule has 1 aliphatic heterocycles. The number of fused-ring (bicyclic) bond motifs is 1. The fraction of sp³-hybridized carbons (Fsp3) is 0.143. The molecule has 1 aromatic heterocycles. The molecule has 0 fully saturated rings. The van der Waals surface area contributed by atoms with Gasteiger partial charge >= 0.3 is 0 Å². The van der Waals surface area contributed by atoms with E-state index >= 15 is 0 Å². The summed E-state index contributed by atoms with van der Waals surface area (Å²) in [6.45, 7) is 1.65. The highest BCUT2D eigenvalue weighted by molar-refractivity contribution is 5.83. The van der Waals surface area contributed by atoms with Crippen molar-refractivity contribution in [3.63, 3.8) is 0 Å². The number of hydrogen-bond donors (Lipinski definition) is 0. The normalized spacial score (nSPS) is 14.6. The Bertz CT molecular complexity index is 935. The molecule has 2 aromatic carbocycles. The van der Waals surface area contributed by atoms with Crippen LogP contribution in [-0.2, 0) is 6.54 Å². The minimum Gasteiger partial charge on any atom is -0.298 e. The monoisotopic (exact) mass is 331 g/mol. The quantitative estimate of drug-likeness (QED) is 0.706. The third kappa shape index (κ3) is 3.21. The predicted octanol–water partition coefficient (Wildman–Crippen LogP) is 4.16. The van der Waals surface area contributed by atoms with Crippen LogP contribution in [0, 0.1) is 5.82 Å². The van der Waals surface area contributed by atoms with Gasteiger partial charge in [-0.2, -0.15) is 10.2 Å². The van der Waals surface area contributed by atoms with E-state index in [1.54, 1.807) is 18.3 Å². The molecule has 4 heteroatoms. The predicted molar refractivity (Wildman–Crippen MR) is 97.3 cm³/mol. The standard InChI is InChI=1S/C21H18FN3/c1-25-11-9-20(15-4-2-5-18(22)13-15)19-8-7-16(12-17(19)14-25)21-6-3-10-23-24-21/h2-10,12-13H,11,14H2,1H3. The zero-order valence-electron chi connectivity index (χ0n) is 14.0. The number of rotatable bonds is 2. The molecule has 124 valence electrons. The zero-order chi connectivity index (χ0) is 17.2. The average Bonchev–Trinajstić information content (AvgIpc) is 2.80. The minimum absolute atomic E-state index is 0.214. The molecular formula is C21H18FN3. The molecule has 0 bridgehead atoms. The first kappa shape index (κ1) is 15.7. The van der Waals surface area contributed by atoms with Crippen LogP contribution in [0.3, 0.4) is 0 Å². The van der Waals surface area contributed by atoms with Crippen molar-refractivity contribution in [3.8, 4) is 11.3 Å². The van der Waals surface area contributed by atoms with Crippen molar-refractivity contribution in [3.05, 3.63) is 89.4 Å². The molecular weight excluding hydrogens is 313 g/mol. The van der Waals surface area contributed by atoms with Crippen molar-refractivity contribution < 1.29 is 4.39 Å². The Morgan fingerprint density at radius 3 is 2.72 bits per heavy atom. The summed E-state index contributed by atoms with van der Waals surface area (Å²) in [6.07, 6.45) is 3.84. The third-order valence-corrected chi connectivity index (χ3v) is 4.45. The number of nitrogens with zero attached hydrogens (tertiary/aromatic N) is 3. The van der Waals surface area contributed by atoms with Gasteiger partial charge in [-0.3, -0.25) is 4.90 Å². The molecule has 3 aromatic rings. The van der Waals surface area contributed by atoms with Crippen LogP contribution in [0.4, 0.5) is 4.39 Å². The molecule has 3 nitrogen and oxygen atoms in total. The number of halogens is 1. The van der Waals surface area contributed by atoms with Crippen LogP contribution < -0.4 is 0 Å². The summed E-state index contributed by atoms with van der Waals surface area (Å²) in [5, 5.41) is 8.17. The van der Waals surface area contributed by atoms with Crippen LogP contribution >= 0.6 is 0 Å². The van der Waals surface area contributed by atoms with Gasteiger partial charge in [-0.1, -0.05) is 30.3 Å². The molecule has 0 spiro atoms.